The number of nitrogens with zero attached hydrogens (tertiary/aromatic N) is 1. The van der Waals surface area contributed by atoms with Crippen LogP contribution in [0.5, 0.6) is 0 Å². The first kappa shape index (κ1) is 17.0. The second-order valence-electron chi connectivity index (χ2n) is 5.99. The lowest BCUT2D eigenvalue weighted by Crippen LogP contribution is -2.16. The van der Waals surface area contributed by atoms with E-state index >= 15 is 0 Å². The molecule has 6 nitrogen and oxygen atoms in total. The summed E-state index contributed by atoms with van der Waals surface area (Å²) < 4.78 is 5.65. The number of carbonyl (C=O) groups excluding carboxylic acids is 1. The summed E-state index contributed by atoms with van der Waals surface area (Å²) >= 11 is 0. The molecule has 2 aromatic heterocycles. The minimum atomic E-state index is -0.0583. The molecular weight excluding hydrogens is 316 g/mol. The van der Waals surface area contributed by atoms with Crippen molar-refractivity contribution < 1.29 is 9.21 Å². The third-order valence-corrected chi connectivity index (χ3v) is 3.88. The van der Waals surface area contributed by atoms with Gasteiger partial charge >= 0.3 is 0 Å². The first-order valence-corrected chi connectivity index (χ1v) is 8.28. The molecule has 6 heteroatoms. The first-order valence-electron chi connectivity index (χ1n) is 8.28. The minimum absolute atomic E-state index is 0.0583. The van der Waals surface area contributed by atoms with Crippen molar-refractivity contribution in [3.8, 4) is 11.5 Å². The van der Waals surface area contributed by atoms with Gasteiger partial charge in [0.15, 0.2) is 5.76 Å². The van der Waals surface area contributed by atoms with Crippen molar-refractivity contribution in [3.63, 3.8) is 0 Å². The molecule has 0 bridgehead atoms. The molecule has 0 saturated carbocycles. The number of hydrogen-bond donors (Lipinski definition) is 3. The molecule has 2 heterocycles. The number of carbonyl (C=O) groups is 1. The summed E-state index contributed by atoms with van der Waals surface area (Å²) in [5.74, 6) is 1.63. The number of aryl methyl sites for hydroxylation is 1. The van der Waals surface area contributed by atoms with Gasteiger partial charge in [-0.15, -0.1) is 0 Å². The predicted octanol–water partition coefficient (Wildman–Crippen LogP) is 3.27. The van der Waals surface area contributed by atoms with Crippen LogP contribution in [-0.2, 0) is 17.8 Å². The highest BCUT2D eigenvalue weighted by Gasteiger charge is 2.10. The van der Waals surface area contributed by atoms with E-state index < -0.39 is 0 Å². The molecule has 0 unspecified atom stereocenters. The Morgan fingerprint density at radius 2 is 2.00 bits per heavy atom. The van der Waals surface area contributed by atoms with E-state index in [4.69, 9.17) is 4.42 Å². The van der Waals surface area contributed by atoms with Gasteiger partial charge in [-0.05, 0) is 49.7 Å². The summed E-state index contributed by atoms with van der Waals surface area (Å²) in [6, 6.07) is 11.8. The van der Waals surface area contributed by atoms with E-state index in [0.29, 0.717) is 0 Å². The summed E-state index contributed by atoms with van der Waals surface area (Å²) in [6.07, 6.45) is 2.73. The lowest BCUT2D eigenvalue weighted by molar-refractivity contribution is -0.114. The van der Waals surface area contributed by atoms with Crippen LogP contribution in [0.15, 0.2) is 47.0 Å². The van der Waals surface area contributed by atoms with Crippen molar-refractivity contribution in [1.82, 2.24) is 15.5 Å². The zero-order valence-corrected chi connectivity index (χ0v) is 14.4. The van der Waals surface area contributed by atoms with Gasteiger partial charge in [0, 0.05) is 24.7 Å². The summed E-state index contributed by atoms with van der Waals surface area (Å²) in [7, 11) is 0. The monoisotopic (exact) mass is 338 g/mol. The number of anilines is 1. The third-order valence-electron chi connectivity index (χ3n) is 3.88. The Morgan fingerprint density at radius 1 is 1.20 bits per heavy atom. The van der Waals surface area contributed by atoms with Gasteiger partial charge in [-0.25, -0.2) is 0 Å². The maximum Gasteiger partial charge on any atom is 0.221 e. The first-order chi connectivity index (χ1) is 12.1. The van der Waals surface area contributed by atoms with Crippen LogP contribution < -0.4 is 10.6 Å². The van der Waals surface area contributed by atoms with Crippen molar-refractivity contribution in [3.05, 3.63) is 59.5 Å². The molecule has 1 aromatic carbocycles. The van der Waals surface area contributed by atoms with Gasteiger partial charge in [0.1, 0.15) is 11.5 Å². The zero-order chi connectivity index (χ0) is 17.6. The molecule has 3 rings (SSSR count). The molecule has 3 N–H and O–H groups in total. The van der Waals surface area contributed by atoms with E-state index in [0.717, 1.165) is 48.0 Å². The number of benzene rings is 1. The third kappa shape index (κ3) is 4.58. The fourth-order valence-corrected chi connectivity index (χ4v) is 2.64. The van der Waals surface area contributed by atoms with Gasteiger partial charge in [0.2, 0.25) is 5.91 Å². The number of hydrogen-bond acceptors (Lipinski definition) is 4. The molecule has 0 fully saturated rings. The number of rotatable bonds is 7. The molecule has 0 aliphatic rings. The maximum atomic E-state index is 11.0. The Morgan fingerprint density at radius 3 is 2.68 bits per heavy atom. The van der Waals surface area contributed by atoms with E-state index in [2.05, 4.69) is 20.8 Å². The van der Waals surface area contributed by atoms with Crippen LogP contribution in [0.3, 0.4) is 0 Å². The molecule has 0 aliphatic carbocycles. The smallest absolute Gasteiger partial charge is 0.221 e. The van der Waals surface area contributed by atoms with Crippen molar-refractivity contribution in [2.24, 2.45) is 0 Å². The van der Waals surface area contributed by atoms with Gasteiger partial charge in [-0.1, -0.05) is 12.1 Å². The summed E-state index contributed by atoms with van der Waals surface area (Å²) in [5, 5.41) is 13.3. The SMILES string of the molecule is CC(=O)Nc1ccc(CCNCc2cn[nH]c2-c2ccc(C)o2)cc1. The number of furan rings is 1. The average Bonchev–Trinajstić information content (AvgIpc) is 3.21. The van der Waals surface area contributed by atoms with E-state index in [9.17, 15) is 4.79 Å². The quantitative estimate of drug-likeness (QED) is 0.577. The predicted molar refractivity (Wildman–Crippen MR) is 97.2 cm³/mol. The highest BCUT2D eigenvalue weighted by molar-refractivity contribution is 5.88. The van der Waals surface area contributed by atoms with Crippen molar-refractivity contribution in [2.45, 2.75) is 26.8 Å². The van der Waals surface area contributed by atoms with Crippen LogP contribution in [-0.4, -0.2) is 22.6 Å². The maximum absolute atomic E-state index is 11.0. The fourth-order valence-electron chi connectivity index (χ4n) is 2.64. The summed E-state index contributed by atoms with van der Waals surface area (Å²) in [6.45, 7) is 5.00. The second kappa shape index (κ2) is 7.81. The number of H-pyrrole nitrogens is 1. The lowest BCUT2D eigenvalue weighted by Gasteiger charge is -2.06. The van der Waals surface area contributed by atoms with Crippen LogP contribution in [0.2, 0.25) is 0 Å². The average molecular weight is 338 g/mol. The normalized spacial score (nSPS) is 10.8. The van der Waals surface area contributed by atoms with Gasteiger partial charge in [-0.2, -0.15) is 5.10 Å². The molecule has 0 spiro atoms. The summed E-state index contributed by atoms with van der Waals surface area (Å²) in [5.41, 5.74) is 4.03. The Balaban J connectivity index is 1.49. The largest absolute Gasteiger partial charge is 0.460 e. The number of aromatic nitrogens is 2. The molecular formula is C19H22N4O2. The van der Waals surface area contributed by atoms with E-state index in [-0.39, 0.29) is 5.91 Å². The van der Waals surface area contributed by atoms with Gasteiger partial charge in [0.25, 0.3) is 0 Å². The Kier molecular flexibility index (Phi) is 5.30. The molecule has 0 atom stereocenters. The minimum Gasteiger partial charge on any atom is -0.460 e. The molecule has 0 radical (unpaired) electrons. The van der Waals surface area contributed by atoms with Crippen LogP contribution in [0, 0.1) is 6.92 Å². The molecule has 1 amide bonds. The van der Waals surface area contributed by atoms with Gasteiger partial charge < -0.3 is 15.1 Å². The Bertz CT molecular complexity index is 833. The Labute approximate surface area is 146 Å². The molecule has 0 aliphatic heterocycles. The number of aromatic amines is 1. The fraction of sp³-hybridized carbons (Fsp3) is 0.263. The standard InChI is InChI=1S/C19H22N4O2/c1-13-3-8-18(25-13)19-16(12-21-23-19)11-20-10-9-15-4-6-17(7-5-15)22-14(2)24/h3-8,12,20H,9-11H2,1-2H3,(H,21,23)(H,22,24). The molecule has 25 heavy (non-hydrogen) atoms. The lowest BCUT2D eigenvalue weighted by atomic mass is 10.1. The van der Waals surface area contributed by atoms with E-state index in [1.807, 2.05) is 49.5 Å². The van der Waals surface area contributed by atoms with E-state index in [1.54, 1.807) is 0 Å². The molecule has 130 valence electrons. The molecule has 0 saturated heterocycles. The van der Waals surface area contributed by atoms with Crippen molar-refractivity contribution in [2.75, 3.05) is 11.9 Å². The topological polar surface area (TPSA) is 83.0 Å². The van der Waals surface area contributed by atoms with Gasteiger partial charge in [0.05, 0.1) is 6.20 Å². The second-order valence-corrected chi connectivity index (χ2v) is 5.99. The van der Waals surface area contributed by atoms with Crippen molar-refractivity contribution >= 4 is 11.6 Å². The number of amides is 1. The molecule has 3 aromatic rings. The van der Waals surface area contributed by atoms with E-state index in [1.165, 1.54) is 12.5 Å². The van der Waals surface area contributed by atoms with Crippen molar-refractivity contribution in [1.29, 1.82) is 0 Å². The Hall–Kier alpha value is -2.86. The number of nitrogens with one attached hydrogen (secondary N) is 3. The van der Waals surface area contributed by atoms with Crippen LogP contribution in [0.4, 0.5) is 5.69 Å². The zero-order valence-electron chi connectivity index (χ0n) is 14.4. The van der Waals surface area contributed by atoms with Gasteiger partial charge in [-0.3, -0.25) is 9.89 Å². The van der Waals surface area contributed by atoms with Crippen LogP contribution in [0.1, 0.15) is 23.8 Å². The summed E-state index contributed by atoms with van der Waals surface area (Å²) in [4.78, 5) is 11.0. The highest BCUT2D eigenvalue weighted by atomic mass is 16.3. The van der Waals surface area contributed by atoms with Crippen LogP contribution >= 0.6 is 0 Å². The van der Waals surface area contributed by atoms with Crippen LogP contribution in [0.25, 0.3) is 11.5 Å². The highest BCUT2D eigenvalue weighted by Crippen LogP contribution is 2.23.